The number of likely N-dealkylation sites (tertiary alicyclic amines) is 1. The van der Waals surface area contributed by atoms with Crippen LogP contribution in [0, 0.1) is 36.5 Å². The number of allylic oxidation sites excluding steroid dienone is 2. The van der Waals surface area contributed by atoms with Gasteiger partial charge in [-0.2, -0.15) is 0 Å². The fourth-order valence-corrected chi connectivity index (χ4v) is 11.4. The lowest BCUT2D eigenvalue weighted by molar-refractivity contribution is -0.249. The van der Waals surface area contributed by atoms with Gasteiger partial charge in [0.2, 0.25) is 6.79 Å². The van der Waals surface area contributed by atoms with Gasteiger partial charge in [-0.05, 0) is 31.9 Å². The van der Waals surface area contributed by atoms with Crippen molar-refractivity contribution in [3.8, 4) is 17.2 Å². The molecular weight excluding hydrogens is 1070 g/mol. The Kier molecular flexibility index (Phi) is 19.6. The number of ketones is 2. The maximum absolute atomic E-state index is 14.9. The third-order valence-corrected chi connectivity index (χ3v) is 16.1. The van der Waals surface area contributed by atoms with Gasteiger partial charge in [0.15, 0.2) is 17.1 Å². The number of anilines is 1. The summed E-state index contributed by atoms with van der Waals surface area (Å²) in [6.07, 6.45) is 3.52. The molecule has 82 heavy (non-hydrogen) atoms. The first-order valence-corrected chi connectivity index (χ1v) is 27.8. The van der Waals surface area contributed by atoms with Gasteiger partial charge in [0.1, 0.15) is 47.1 Å². The van der Waals surface area contributed by atoms with Crippen LogP contribution in [-0.2, 0) is 57.1 Å². The molecule has 2 amide bonds. The molecule has 0 saturated carbocycles. The van der Waals surface area contributed by atoms with E-state index in [0.29, 0.717) is 31.8 Å². The number of alkyl carbamates (subject to hydrolysis) is 1. The number of benzene rings is 2. The van der Waals surface area contributed by atoms with Crippen LogP contribution in [0.5, 0.6) is 17.2 Å². The Balaban J connectivity index is 1.26. The number of hydrogen-bond donors (Lipinski definition) is 6. The summed E-state index contributed by atoms with van der Waals surface area (Å²) in [6.45, 7) is 19.1. The average molecular weight is 1150 g/mol. The van der Waals surface area contributed by atoms with Crippen molar-refractivity contribution in [2.24, 2.45) is 39.6 Å². The second-order valence-electron chi connectivity index (χ2n) is 22.4. The number of aliphatic hydroxyl groups is 1. The highest BCUT2D eigenvalue weighted by Crippen LogP contribution is 2.52. The molecule has 7 bridgehead atoms. The number of nitrogens with one attached hydrogen (secondary N) is 3. The Hall–Kier alpha value is -6.99. The van der Waals surface area contributed by atoms with E-state index < -0.39 is 131 Å². The molecule has 448 valence electrons. The van der Waals surface area contributed by atoms with E-state index in [1.807, 2.05) is 0 Å². The number of carbonyl (C=O) groups excluding carboxylic acids is 7. The molecule has 24 heteroatoms. The zero-order valence-electron chi connectivity index (χ0n) is 48.7. The lowest BCUT2D eigenvalue weighted by Gasteiger charge is -2.54. The van der Waals surface area contributed by atoms with Gasteiger partial charge in [0.25, 0.3) is 11.7 Å². The molecule has 10 atom stereocenters. The normalized spacial score (nSPS) is 28.5. The Labute approximate surface area is 475 Å². The standard InChI is InChI=1S/C58H78N6O18/c1-13-39(67)77-28-78-55(74)60-26-40(68)76-24-20-59-25-38(66)58-17-14-15-30(4)54(73)61-46-45-44(62-57(63-45)18-21-64(22-19-57)27-29(2)3)41-42(49(46)71)48(70)34(8)52-43(41)53(72)56(11,81-52)79-23-16-37(75-12)31(5)50(80-36(10)65)32(6)47(69)33(7)51(82-58)35(58)9/h14-17,23,29,31-33,35,37,47,50-51,59,62,69-71H,13,18-22,24-28H2,1-12H3,(H,60,74)/b17-14?,23-16?,30-15-,61-46?. The summed E-state index contributed by atoms with van der Waals surface area (Å²) in [5, 5.41) is 44.9. The lowest BCUT2D eigenvalue weighted by atomic mass is 9.68. The van der Waals surface area contributed by atoms with E-state index in [1.54, 1.807) is 34.6 Å². The number of Topliss-reactive ketones (excluding diaryl/α,β-unsaturated/α-hetero) is 2. The number of ether oxygens (including phenoxy) is 8. The summed E-state index contributed by atoms with van der Waals surface area (Å²) in [5.74, 6) is -9.27. The summed E-state index contributed by atoms with van der Waals surface area (Å²) in [6, 6.07) is 0. The van der Waals surface area contributed by atoms with Gasteiger partial charge in [-0.25, -0.2) is 9.79 Å². The average Bonchev–Trinajstić information content (AvgIpc) is 2.86. The molecule has 2 aromatic rings. The summed E-state index contributed by atoms with van der Waals surface area (Å²) < 4.78 is 45.4. The Morgan fingerprint density at radius 3 is 2.29 bits per heavy atom. The summed E-state index contributed by atoms with van der Waals surface area (Å²) in [4.78, 5) is 104. The molecule has 8 aliphatic rings. The molecule has 10 rings (SSSR count). The van der Waals surface area contributed by atoms with Crippen LogP contribution in [0.3, 0.4) is 0 Å². The number of piperidine rings is 1. The van der Waals surface area contributed by atoms with Crippen molar-refractivity contribution in [2.45, 2.75) is 137 Å². The smallest absolute Gasteiger partial charge is 0.410 e. The monoisotopic (exact) mass is 1150 g/mol. The van der Waals surface area contributed by atoms with Crippen molar-refractivity contribution in [1.29, 1.82) is 0 Å². The quantitative estimate of drug-likeness (QED) is 0.0485. The predicted octanol–water partition coefficient (Wildman–Crippen LogP) is 3.86. The van der Waals surface area contributed by atoms with Crippen LogP contribution in [-0.4, -0.2) is 163 Å². The summed E-state index contributed by atoms with van der Waals surface area (Å²) in [5.41, 5.74) is -2.17. The molecule has 0 aliphatic carbocycles. The fraction of sp³-hybridized carbons (Fsp3) is 0.603. The van der Waals surface area contributed by atoms with E-state index in [1.165, 1.54) is 65.4 Å². The van der Waals surface area contributed by atoms with Gasteiger partial charge in [-0.3, -0.25) is 33.8 Å². The maximum Gasteiger partial charge on any atom is 0.410 e. The third-order valence-electron chi connectivity index (χ3n) is 16.1. The SMILES string of the molecule is CCC(=O)OCOC(=O)NCC(=O)OCCNCC(=O)C12C=C/C=C(/C)C(=O)N=c3c(O)c4c(O)c(C)c5c(c4c4c3=NC3(CCN(CC(C)C)CC3)N4)C(=O)C(C)(OC=CC(OC)C(C)C(OC(C)=O)C(C)C(O)C(C)C(O1)C2C)O5. The highest BCUT2D eigenvalue weighted by Gasteiger charge is 2.59. The zero-order chi connectivity index (χ0) is 60.2. The molecule has 8 heterocycles. The van der Waals surface area contributed by atoms with E-state index in [-0.39, 0.29) is 75.7 Å². The maximum atomic E-state index is 14.9. The minimum atomic E-state index is -2.02. The van der Waals surface area contributed by atoms with E-state index in [4.69, 9.17) is 33.4 Å². The number of aromatic hydroxyl groups is 2. The van der Waals surface area contributed by atoms with Crippen molar-refractivity contribution in [1.82, 2.24) is 15.5 Å². The number of hydrogen-bond acceptors (Lipinski definition) is 22. The minimum absolute atomic E-state index is 0.00168. The van der Waals surface area contributed by atoms with Gasteiger partial charge >= 0.3 is 29.8 Å². The lowest BCUT2D eigenvalue weighted by Crippen LogP contribution is -2.67. The molecule has 2 fully saturated rings. The van der Waals surface area contributed by atoms with Gasteiger partial charge in [0.05, 0.1) is 47.8 Å². The van der Waals surface area contributed by atoms with Crippen LogP contribution >= 0.6 is 0 Å². The van der Waals surface area contributed by atoms with E-state index in [0.717, 1.165) is 6.54 Å². The van der Waals surface area contributed by atoms with Crippen LogP contribution < -0.4 is 31.4 Å². The Bertz CT molecular complexity index is 3060. The number of esters is 3. The van der Waals surface area contributed by atoms with Crippen molar-refractivity contribution in [3.05, 3.63) is 58.0 Å². The number of amides is 2. The number of carbonyl (C=O) groups is 7. The van der Waals surface area contributed by atoms with E-state index >= 15 is 0 Å². The molecule has 6 N–H and O–H groups in total. The molecule has 10 unspecified atom stereocenters. The molecule has 2 aromatic carbocycles. The molecule has 0 radical (unpaired) electrons. The molecule has 1 spiro atoms. The van der Waals surface area contributed by atoms with E-state index in [2.05, 4.69) is 49.2 Å². The third kappa shape index (κ3) is 12.8. The van der Waals surface area contributed by atoms with Crippen molar-refractivity contribution in [3.63, 3.8) is 0 Å². The van der Waals surface area contributed by atoms with Gasteiger partial charge < -0.3 is 74.1 Å². The van der Waals surface area contributed by atoms with Crippen molar-refractivity contribution in [2.75, 3.05) is 65.1 Å². The fourth-order valence-electron chi connectivity index (χ4n) is 11.4. The first-order chi connectivity index (χ1) is 38.7. The van der Waals surface area contributed by atoms with Gasteiger partial charge in [-0.15, -0.1) is 0 Å². The Morgan fingerprint density at radius 1 is 0.939 bits per heavy atom. The minimum Gasteiger partial charge on any atom is -0.507 e. The highest BCUT2D eigenvalue weighted by atomic mass is 16.7. The van der Waals surface area contributed by atoms with Gasteiger partial charge in [-0.1, -0.05) is 60.6 Å². The van der Waals surface area contributed by atoms with Crippen LogP contribution in [0.15, 0.2) is 46.1 Å². The summed E-state index contributed by atoms with van der Waals surface area (Å²) in [7, 11) is 1.44. The first-order valence-electron chi connectivity index (χ1n) is 27.8. The van der Waals surface area contributed by atoms with Crippen LogP contribution in [0.4, 0.5) is 10.5 Å². The van der Waals surface area contributed by atoms with Crippen molar-refractivity contribution < 1.29 is 86.8 Å². The number of methoxy groups -OCH3 is 1. The topological polar surface area (TPSA) is 318 Å². The zero-order valence-corrected chi connectivity index (χ0v) is 48.7. The molecule has 0 aromatic heterocycles. The molecule has 8 aliphatic heterocycles. The number of phenolic OH excluding ortho intramolecular Hbond substituents is 2. The van der Waals surface area contributed by atoms with Crippen LogP contribution in [0.1, 0.15) is 104 Å². The first kappa shape index (κ1) is 62.6. The number of aliphatic hydroxyl groups excluding tert-OH is 1. The number of rotatable bonds is 15. The number of nitrogens with zero attached hydrogens (tertiary/aromatic N) is 3. The van der Waals surface area contributed by atoms with Crippen molar-refractivity contribution >= 4 is 57.9 Å². The summed E-state index contributed by atoms with van der Waals surface area (Å²) >= 11 is 0. The molecular formula is C58H78N6O18. The van der Waals surface area contributed by atoms with Crippen LogP contribution in [0.2, 0.25) is 0 Å². The van der Waals surface area contributed by atoms with Gasteiger partial charge in [0, 0.05) is 107 Å². The second kappa shape index (κ2) is 25.7. The molecule has 2 saturated heterocycles. The Morgan fingerprint density at radius 2 is 1.65 bits per heavy atom. The highest BCUT2D eigenvalue weighted by molar-refractivity contribution is 6.21. The molecule has 24 nitrogen and oxygen atoms in total. The van der Waals surface area contributed by atoms with Crippen LogP contribution in [0.25, 0.3) is 10.8 Å². The second-order valence-corrected chi connectivity index (χ2v) is 22.4. The van der Waals surface area contributed by atoms with E-state index in [9.17, 15) is 48.9 Å². The predicted molar refractivity (Wildman–Crippen MR) is 294 cm³/mol. The number of phenols is 2. The largest absolute Gasteiger partial charge is 0.507 e.